The summed E-state index contributed by atoms with van der Waals surface area (Å²) in [5, 5.41) is 11.7. The van der Waals surface area contributed by atoms with Crippen molar-refractivity contribution in [1.82, 2.24) is 5.43 Å². The summed E-state index contributed by atoms with van der Waals surface area (Å²) in [4.78, 5) is 39.8. The van der Waals surface area contributed by atoms with Gasteiger partial charge in [-0.2, -0.15) is 0 Å². The number of piperidine rings is 1. The van der Waals surface area contributed by atoms with E-state index in [1.54, 1.807) is 12.1 Å². The fourth-order valence-electron chi connectivity index (χ4n) is 10.2. The van der Waals surface area contributed by atoms with Gasteiger partial charge in [0.1, 0.15) is 25.2 Å². The minimum Gasteiger partial charge on any atom is -0.485 e. The van der Waals surface area contributed by atoms with Crippen LogP contribution in [-0.4, -0.2) is 58.7 Å². The molecule has 2 bridgehead atoms. The van der Waals surface area contributed by atoms with Gasteiger partial charge < -0.3 is 14.6 Å². The van der Waals surface area contributed by atoms with Gasteiger partial charge in [0.15, 0.2) is 17.3 Å². The van der Waals surface area contributed by atoms with E-state index in [4.69, 9.17) is 9.47 Å². The number of carbonyl (C=O) groups excluding carboxylic acids is 3. The number of hydrogen-bond donors (Lipinski definition) is 2. The Labute approximate surface area is 294 Å². The standard InChI is InChI=1S/C42H48N2O6/c1-27(45)49-37-22-18-31-25-34-33-13-8-14-38-42(33,39(31)40(37)50-38)23-24-44(34,26-29-15-16-29)43-41(48)32(19-17-28-9-4-2-5-10-28)36(47)21-20-35(46)30-11-6-3-7-12-30/h2-7,9-12,18,22,29,32-34,36,38,47H,8,13-17,19-21,23-26H2,1H3/p+1/t32?,33-,34+,36?,38-,42+,44?/m0/s1. The van der Waals surface area contributed by atoms with E-state index in [-0.39, 0.29) is 48.1 Å². The quantitative estimate of drug-likeness (QED) is 0.0958. The van der Waals surface area contributed by atoms with Crippen molar-refractivity contribution < 1.29 is 33.6 Å². The van der Waals surface area contributed by atoms with Crippen molar-refractivity contribution in [1.29, 1.82) is 0 Å². The van der Waals surface area contributed by atoms with Gasteiger partial charge in [0.2, 0.25) is 0 Å². The van der Waals surface area contributed by atoms with Crippen LogP contribution in [0.4, 0.5) is 0 Å². The molecule has 2 aliphatic heterocycles. The first-order valence-electron chi connectivity index (χ1n) is 18.8. The number of amides is 1. The molecule has 2 saturated carbocycles. The Kier molecular flexibility index (Phi) is 8.80. The zero-order valence-corrected chi connectivity index (χ0v) is 29.0. The highest BCUT2D eigenvalue weighted by atomic mass is 16.6. The minimum atomic E-state index is -0.944. The summed E-state index contributed by atoms with van der Waals surface area (Å²) in [6.07, 6.45) is 7.85. The van der Waals surface area contributed by atoms with Gasteiger partial charge in [0, 0.05) is 49.1 Å². The number of nitrogens with one attached hydrogen (secondary N) is 1. The molecule has 262 valence electrons. The second-order valence-electron chi connectivity index (χ2n) is 15.6. The molecule has 8 heteroatoms. The number of esters is 1. The van der Waals surface area contributed by atoms with Crippen molar-refractivity contribution in [3.8, 4) is 11.5 Å². The predicted octanol–water partition coefficient (Wildman–Crippen LogP) is 6.27. The van der Waals surface area contributed by atoms with E-state index in [1.807, 2.05) is 42.5 Å². The van der Waals surface area contributed by atoms with E-state index in [0.717, 1.165) is 56.5 Å². The number of ether oxygens (including phenoxy) is 2. The van der Waals surface area contributed by atoms with Gasteiger partial charge in [-0.25, -0.2) is 10.0 Å². The molecule has 5 aliphatic rings. The molecule has 3 aliphatic carbocycles. The van der Waals surface area contributed by atoms with Crippen LogP contribution in [0.25, 0.3) is 0 Å². The predicted molar refractivity (Wildman–Crippen MR) is 188 cm³/mol. The van der Waals surface area contributed by atoms with Gasteiger partial charge in [-0.15, -0.1) is 0 Å². The molecular formula is C42H49N2O6+. The summed E-state index contributed by atoms with van der Waals surface area (Å²) in [5.41, 5.74) is 7.77. The van der Waals surface area contributed by atoms with Crippen LogP contribution in [0, 0.1) is 17.8 Å². The Bertz CT molecular complexity index is 1760. The Hall–Kier alpha value is -4.01. The van der Waals surface area contributed by atoms with Gasteiger partial charge in [-0.05, 0) is 68.6 Å². The van der Waals surface area contributed by atoms with E-state index in [0.29, 0.717) is 40.6 Å². The number of Topliss-reactive ketones (excluding diaryl/α,β-unsaturated/α-hetero) is 1. The number of aliphatic hydroxyl groups is 1. The monoisotopic (exact) mass is 677 g/mol. The number of quaternary nitrogens is 1. The molecule has 8 rings (SSSR count). The maximum absolute atomic E-state index is 14.7. The number of ketones is 1. The highest BCUT2D eigenvalue weighted by Gasteiger charge is 2.69. The van der Waals surface area contributed by atoms with Crippen LogP contribution >= 0.6 is 0 Å². The molecule has 7 atom stereocenters. The minimum absolute atomic E-state index is 0.0202. The number of benzene rings is 3. The molecule has 2 N–H and O–H groups in total. The largest absolute Gasteiger partial charge is 0.485 e. The number of nitrogens with zero attached hydrogens (tertiary/aromatic N) is 1. The fraction of sp³-hybridized carbons (Fsp3) is 0.500. The van der Waals surface area contributed by atoms with Crippen LogP contribution in [0.5, 0.6) is 11.5 Å². The number of carbonyl (C=O) groups is 3. The van der Waals surface area contributed by atoms with E-state index < -0.39 is 12.0 Å². The second kappa shape index (κ2) is 13.3. The van der Waals surface area contributed by atoms with Crippen LogP contribution in [0.15, 0.2) is 72.8 Å². The normalized spacial score (nSPS) is 28.5. The first-order valence-corrected chi connectivity index (χ1v) is 18.8. The zero-order valence-electron chi connectivity index (χ0n) is 29.0. The van der Waals surface area contributed by atoms with E-state index in [2.05, 4.69) is 23.6 Å². The van der Waals surface area contributed by atoms with Crippen LogP contribution < -0.4 is 14.9 Å². The Balaban J connectivity index is 1.09. The molecule has 0 radical (unpaired) electrons. The number of hydrogen-bond acceptors (Lipinski definition) is 6. The van der Waals surface area contributed by atoms with Crippen LogP contribution in [0.3, 0.4) is 0 Å². The molecule has 2 heterocycles. The summed E-state index contributed by atoms with van der Waals surface area (Å²) in [5.74, 6) is 1.06. The lowest BCUT2D eigenvalue weighted by Gasteiger charge is -2.61. The van der Waals surface area contributed by atoms with Gasteiger partial charge in [-0.1, -0.05) is 66.7 Å². The topological polar surface area (TPSA) is 102 Å². The highest BCUT2D eigenvalue weighted by Crippen LogP contribution is 2.65. The first-order chi connectivity index (χ1) is 24.3. The van der Waals surface area contributed by atoms with Gasteiger partial charge in [0.25, 0.3) is 5.91 Å². The van der Waals surface area contributed by atoms with Crippen molar-refractivity contribution in [2.45, 2.75) is 101 Å². The fourth-order valence-corrected chi connectivity index (χ4v) is 10.2. The van der Waals surface area contributed by atoms with Crippen LogP contribution in [0.2, 0.25) is 0 Å². The molecular weight excluding hydrogens is 628 g/mol. The molecule has 3 aromatic rings. The van der Waals surface area contributed by atoms with Crippen LogP contribution in [-0.2, 0) is 27.8 Å². The van der Waals surface area contributed by atoms with Gasteiger partial charge in [0.05, 0.1) is 17.4 Å². The lowest BCUT2D eigenvalue weighted by Crippen LogP contribution is -2.77. The molecule has 1 spiro atoms. The SMILES string of the molecule is CC(=O)Oc1ccc2c3c1O[C@H]1CCC[C@H]4[C@@H](C2)[N+](CC2CC2)(NC(=O)C(CCc2ccccc2)C(O)CCC(=O)c2ccccc2)CC[C@]314. The maximum atomic E-state index is 14.7. The smallest absolute Gasteiger partial charge is 0.308 e. The summed E-state index contributed by atoms with van der Waals surface area (Å²) in [6, 6.07) is 23.5. The highest BCUT2D eigenvalue weighted by molar-refractivity contribution is 5.96. The molecule has 3 unspecified atom stereocenters. The number of aryl methyl sites for hydroxylation is 1. The average Bonchev–Trinajstić information content (AvgIpc) is 3.87. The summed E-state index contributed by atoms with van der Waals surface area (Å²) >= 11 is 0. The number of aliphatic hydroxyl groups excluding tert-OH is 1. The first kappa shape index (κ1) is 33.2. The van der Waals surface area contributed by atoms with E-state index >= 15 is 0 Å². The molecule has 8 nitrogen and oxygen atoms in total. The number of likely N-dealkylation sites (tertiary alicyclic amines) is 1. The summed E-state index contributed by atoms with van der Waals surface area (Å²) in [6.45, 7) is 3.13. The Morgan fingerprint density at radius 2 is 1.74 bits per heavy atom. The van der Waals surface area contributed by atoms with Crippen LogP contribution in [0.1, 0.15) is 91.8 Å². The Morgan fingerprint density at radius 1 is 0.980 bits per heavy atom. The molecule has 3 fully saturated rings. The zero-order chi connectivity index (χ0) is 34.5. The molecule has 1 amide bonds. The van der Waals surface area contributed by atoms with Crippen molar-refractivity contribution in [2.24, 2.45) is 17.8 Å². The third-order valence-corrected chi connectivity index (χ3v) is 12.6. The van der Waals surface area contributed by atoms with Crippen molar-refractivity contribution in [2.75, 3.05) is 13.1 Å². The average molecular weight is 678 g/mol. The second-order valence-corrected chi connectivity index (χ2v) is 15.6. The molecule has 1 saturated heterocycles. The number of rotatable bonds is 13. The maximum Gasteiger partial charge on any atom is 0.308 e. The van der Waals surface area contributed by atoms with E-state index in [1.165, 1.54) is 30.9 Å². The van der Waals surface area contributed by atoms with Gasteiger partial charge in [-0.3, -0.25) is 14.4 Å². The summed E-state index contributed by atoms with van der Waals surface area (Å²) < 4.78 is 12.9. The van der Waals surface area contributed by atoms with Gasteiger partial charge >= 0.3 is 5.97 Å². The van der Waals surface area contributed by atoms with E-state index in [9.17, 15) is 19.5 Å². The molecule has 50 heavy (non-hydrogen) atoms. The van der Waals surface area contributed by atoms with Crippen molar-refractivity contribution >= 4 is 17.7 Å². The lowest BCUT2D eigenvalue weighted by atomic mass is 9.51. The summed E-state index contributed by atoms with van der Waals surface area (Å²) in [7, 11) is 0. The van der Waals surface area contributed by atoms with Crippen molar-refractivity contribution in [3.05, 3.63) is 95.1 Å². The molecule has 3 aromatic carbocycles. The van der Waals surface area contributed by atoms with Crippen molar-refractivity contribution in [3.63, 3.8) is 0 Å². The lowest BCUT2D eigenvalue weighted by molar-refractivity contribution is -0.995. The third kappa shape index (κ3) is 5.94. The Morgan fingerprint density at radius 3 is 2.48 bits per heavy atom. The third-order valence-electron chi connectivity index (χ3n) is 12.6. The molecule has 0 aromatic heterocycles.